The summed E-state index contributed by atoms with van der Waals surface area (Å²) in [5.41, 5.74) is 5.14. The van der Waals surface area contributed by atoms with Gasteiger partial charge >= 0.3 is 0 Å². The van der Waals surface area contributed by atoms with Gasteiger partial charge in [-0.05, 0) is 68.6 Å². The van der Waals surface area contributed by atoms with Crippen LogP contribution in [0.3, 0.4) is 0 Å². The smallest absolute Gasteiger partial charge is 0.254 e. The van der Waals surface area contributed by atoms with E-state index >= 15 is 0 Å². The van der Waals surface area contributed by atoms with Gasteiger partial charge in [-0.2, -0.15) is 0 Å². The Hall–Kier alpha value is -2.37. The van der Waals surface area contributed by atoms with Gasteiger partial charge in [0.25, 0.3) is 5.91 Å². The molecule has 5 nitrogen and oxygen atoms in total. The van der Waals surface area contributed by atoms with E-state index in [0.29, 0.717) is 6.04 Å². The van der Waals surface area contributed by atoms with Gasteiger partial charge in [-0.3, -0.25) is 14.3 Å². The Bertz CT molecular complexity index is 1030. The van der Waals surface area contributed by atoms with Crippen molar-refractivity contribution in [3.8, 4) is 5.69 Å². The number of benzene rings is 2. The van der Waals surface area contributed by atoms with Gasteiger partial charge in [0.05, 0.1) is 11.0 Å². The highest BCUT2D eigenvalue weighted by atomic mass is 35.5. The van der Waals surface area contributed by atoms with Crippen LogP contribution in [-0.2, 0) is 6.42 Å². The van der Waals surface area contributed by atoms with Crippen LogP contribution in [-0.4, -0.2) is 57.5 Å². The zero-order chi connectivity index (χ0) is 19.1. The number of imidazole rings is 1. The Morgan fingerprint density at radius 1 is 1.10 bits per heavy atom. The van der Waals surface area contributed by atoms with Crippen LogP contribution < -0.4 is 0 Å². The maximum Gasteiger partial charge on any atom is 0.254 e. The monoisotopic (exact) mass is 410 g/mol. The number of carbonyl (C=O) groups excluding carboxylic acids is 1. The summed E-state index contributed by atoms with van der Waals surface area (Å²) in [7, 11) is 0. The molecule has 29 heavy (non-hydrogen) atoms. The molecule has 0 N–H and O–H groups in total. The number of halogens is 1. The van der Waals surface area contributed by atoms with Gasteiger partial charge in [0, 0.05) is 36.9 Å². The van der Waals surface area contributed by atoms with E-state index in [1.165, 1.54) is 19.4 Å². The summed E-state index contributed by atoms with van der Waals surface area (Å²) in [6, 6.07) is 15.0. The normalized spacial score (nSPS) is 19.4. The third-order valence-corrected chi connectivity index (χ3v) is 6.34. The molecule has 0 saturated carbocycles. The van der Waals surface area contributed by atoms with E-state index in [1.807, 2.05) is 41.6 Å². The summed E-state index contributed by atoms with van der Waals surface area (Å²) in [4.78, 5) is 22.0. The van der Waals surface area contributed by atoms with Crippen LogP contribution in [0, 0.1) is 0 Å². The van der Waals surface area contributed by atoms with Crippen molar-refractivity contribution in [1.29, 1.82) is 0 Å². The van der Waals surface area contributed by atoms with Crippen molar-refractivity contribution in [2.24, 2.45) is 0 Å². The Balaban J connectivity index is 0.00000205. The average Bonchev–Trinajstić information content (AvgIpc) is 3.33. The lowest BCUT2D eigenvalue weighted by atomic mass is 9.98. The first-order valence-corrected chi connectivity index (χ1v) is 10.3. The Labute approximate surface area is 177 Å². The fourth-order valence-corrected chi connectivity index (χ4v) is 4.63. The number of aromatic nitrogens is 2. The lowest BCUT2D eigenvalue weighted by Gasteiger charge is -2.31. The molecule has 1 unspecified atom stereocenters. The largest absolute Gasteiger partial charge is 0.337 e. The highest BCUT2D eigenvalue weighted by Gasteiger charge is 2.26. The van der Waals surface area contributed by atoms with Crippen LogP contribution in [0.25, 0.3) is 16.7 Å². The van der Waals surface area contributed by atoms with E-state index in [-0.39, 0.29) is 18.3 Å². The summed E-state index contributed by atoms with van der Waals surface area (Å²) >= 11 is 0. The minimum absolute atomic E-state index is 0. The molecule has 1 amide bonds. The Morgan fingerprint density at radius 3 is 2.79 bits per heavy atom. The van der Waals surface area contributed by atoms with Gasteiger partial charge in [-0.1, -0.05) is 12.1 Å². The summed E-state index contributed by atoms with van der Waals surface area (Å²) in [6.07, 6.45) is 5.34. The molecule has 1 aromatic heterocycles. The van der Waals surface area contributed by atoms with Crippen molar-refractivity contribution in [3.63, 3.8) is 0 Å². The third kappa shape index (κ3) is 3.65. The minimum atomic E-state index is 0. The molecule has 6 heteroatoms. The van der Waals surface area contributed by atoms with Crippen LogP contribution in [0.15, 0.2) is 48.8 Å². The molecule has 2 aromatic carbocycles. The number of fused-ring (bicyclic) bond motifs is 2. The van der Waals surface area contributed by atoms with E-state index in [2.05, 4.69) is 33.5 Å². The van der Waals surface area contributed by atoms with Crippen molar-refractivity contribution in [2.75, 3.05) is 26.2 Å². The predicted octanol–water partition coefficient (Wildman–Crippen LogP) is 3.93. The molecule has 2 aliphatic rings. The highest BCUT2D eigenvalue weighted by molar-refractivity contribution is 5.97. The molecule has 5 rings (SSSR count). The van der Waals surface area contributed by atoms with Crippen LogP contribution in [0.2, 0.25) is 0 Å². The zero-order valence-electron chi connectivity index (χ0n) is 16.8. The number of hydrogen-bond donors (Lipinski definition) is 0. The first kappa shape index (κ1) is 19.9. The SMILES string of the molecule is CC1CCCN1CCN1CCc2cc(-n3cnc4ccccc43)ccc2C1=O.Cl. The maximum atomic E-state index is 13.0. The van der Waals surface area contributed by atoms with Gasteiger partial charge in [0.2, 0.25) is 0 Å². The quantitative estimate of drug-likeness (QED) is 0.654. The molecule has 3 heterocycles. The number of rotatable bonds is 4. The second-order valence-electron chi connectivity index (χ2n) is 8.01. The molecule has 0 spiro atoms. The molecular weight excluding hydrogens is 384 g/mol. The van der Waals surface area contributed by atoms with E-state index < -0.39 is 0 Å². The number of hydrogen-bond acceptors (Lipinski definition) is 3. The second kappa shape index (κ2) is 8.17. The van der Waals surface area contributed by atoms with Crippen LogP contribution in [0.1, 0.15) is 35.7 Å². The summed E-state index contributed by atoms with van der Waals surface area (Å²) in [5.74, 6) is 0.176. The van der Waals surface area contributed by atoms with Crippen LogP contribution in [0.4, 0.5) is 0 Å². The van der Waals surface area contributed by atoms with E-state index in [9.17, 15) is 4.79 Å². The van der Waals surface area contributed by atoms with Crippen molar-refractivity contribution in [3.05, 3.63) is 59.9 Å². The van der Waals surface area contributed by atoms with Crippen molar-refractivity contribution in [1.82, 2.24) is 19.4 Å². The minimum Gasteiger partial charge on any atom is -0.337 e. The number of amides is 1. The molecule has 0 radical (unpaired) electrons. The molecule has 1 saturated heterocycles. The molecule has 1 atom stereocenters. The Morgan fingerprint density at radius 2 is 1.97 bits per heavy atom. The van der Waals surface area contributed by atoms with Crippen molar-refractivity contribution in [2.45, 2.75) is 32.2 Å². The molecule has 0 aliphatic carbocycles. The fraction of sp³-hybridized carbons (Fsp3) is 0.391. The second-order valence-corrected chi connectivity index (χ2v) is 8.01. The third-order valence-electron chi connectivity index (χ3n) is 6.34. The van der Waals surface area contributed by atoms with E-state index in [0.717, 1.165) is 53.9 Å². The van der Waals surface area contributed by atoms with Gasteiger partial charge in [-0.15, -0.1) is 12.4 Å². The summed E-state index contributed by atoms with van der Waals surface area (Å²) in [6.45, 7) is 6.09. The number of para-hydroxylation sites is 2. The van der Waals surface area contributed by atoms with E-state index in [1.54, 1.807) is 0 Å². The topological polar surface area (TPSA) is 41.4 Å². The van der Waals surface area contributed by atoms with Crippen LogP contribution >= 0.6 is 12.4 Å². The zero-order valence-corrected chi connectivity index (χ0v) is 17.6. The van der Waals surface area contributed by atoms with Crippen molar-refractivity contribution >= 4 is 29.3 Å². The first-order valence-electron chi connectivity index (χ1n) is 10.3. The fourth-order valence-electron chi connectivity index (χ4n) is 4.63. The Kier molecular flexibility index (Phi) is 5.61. The molecule has 152 valence electrons. The molecule has 3 aromatic rings. The van der Waals surface area contributed by atoms with Gasteiger partial charge < -0.3 is 4.90 Å². The van der Waals surface area contributed by atoms with E-state index in [4.69, 9.17) is 0 Å². The highest BCUT2D eigenvalue weighted by Crippen LogP contribution is 2.25. The maximum absolute atomic E-state index is 13.0. The summed E-state index contributed by atoms with van der Waals surface area (Å²) in [5, 5.41) is 0. The molecule has 2 aliphatic heterocycles. The van der Waals surface area contributed by atoms with Gasteiger partial charge in [0.15, 0.2) is 0 Å². The van der Waals surface area contributed by atoms with Crippen LogP contribution in [0.5, 0.6) is 0 Å². The first-order chi connectivity index (χ1) is 13.7. The number of carbonyl (C=O) groups is 1. The molecule has 0 bridgehead atoms. The average molecular weight is 411 g/mol. The predicted molar refractivity (Wildman–Crippen MR) is 118 cm³/mol. The summed E-state index contributed by atoms with van der Waals surface area (Å²) < 4.78 is 2.10. The van der Waals surface area contributed by atoms with Gasteiger partial charge in [-0.25, -0.2) is 4.98 Å². The number of nitrogens with zero attached hydrogens (tertiary/aromatic N) is 4. The standard InChI is InChI=1S/C23H26N4O.ClH/c1-17-5-4-11-25(17)13-14-26-12-10-18-15-19(8-9-20(18)23(26)28)27-16-24-21-6-2-3-7-22(21)27;/h2-3,6-9,15-17H,4-5,10-14H2,1H3;1H. The number of likely N-dealkylation sites (tertiary alicyclic amines) is 1. The molecule has 1 fully saturated rings. The molecular formula is C23H27ClN4O. The van der Waals surface area contributed by atoms with Gasteiger partial charge in [0.1, 0.15) is 6.33 Å². The van der Waals surface area contributed by atoms with Crippen molar-refractivity contribution < 1.29 is 4.79 Å². The lowest BCUT2D eigenvalue weighted by Crippen LogP contribution is -2.43. The lowest BCUT2D eigenvalue weighted by molar-refractivity contribution is 0.0717.